The summed E-state index contributed by atoms with van der Waals surface area (Å²) in [4.78, 5) is 11.9. The predicted molar refractivity (Wildman–Crippen MR) is 70.8 cm³/mol. The van der Waals surface area contributed by atoms with Crippen molar-refractivity contribution in [2.75, 3.05) is 26.2 Å². The lowest BCUT2D eigenvalue weighted by Crippen LogP contribution is -2.45. The van der Waals surface area contributed by atoms with Gasteiger partial charge in [-0.05, 0) is 24.1 Å². The number of carbonyl (C=O) groups excluding carboxylic acids is 1. The first kappa shape index (κ1) is 13.1. The van der Waals surface area contributed by atoms with E-state index in [9.17, 15) is 4.79 Å². The van der Waals surface area contributed by atoms with Gasteiger partial charge in [-0.25, -0.2) is 0 Å². The minimum Gasteiger partial charge on any atom is -0.374 e. The van der Waals surface area contributed by atoms with Crippen LogP contribution in [0.5, 0.6) is 0 Å². The molecule has 1 aromatic carbocycles. The van der Waals surface area contributed by atoms with Gasteiger partial charge in [-0.2, -0.15) is 0 Å². The highest BCUT2D eigenvalue weighted by molar-refractivity contribution is 5.94. The van der Waals surface area contributed by atoms with Crippen molar-refractivity contribution in [3.8, 4) is 0 Å². The van der Waals surface area contributed by atoms with Gasteiger partial charge >= 0.3 is 0 Å². The maximum absolute atomic E-state index is 11.9. The van der Waals surface area contributed by atoms with Crippen molar-refractivity contribution in [1.82, 2.24) is 10.6 Å². The van der Waals surface area contributed by atoms with Crippen molar-refractivity contribution in [3.05, 3.63) is 35.4 Å². The number of rotatable bonds is 4. The van der Waals surface area contributed by atoms with E-state index in [1.54, 1.807) is 0 Å². The number of ether oxygens (including phenoxy) is 1. The molecule has 0 aliphatic carbocycles. The Balaban J connectivity index is 1.82. The van der Waals surface area contributed by atoms with E-state index in [0.29, 0.717) is 18.7 Å². The van der Waals surface area contributed by atoms with Crippen molar-refractivity contribution < 1.29 is 9.53 Å². The van der Waals surface area contributed by atoms with Crippen LogP contribution in [0.3, 0.4) is 0 Å². The Morgan fingerprint density at radius 3 is 2.83 bits per heavy atom. The van der Waals surface area contributed by atoms with E-state index in [2.05, 4.69) is 17.6 Å². The fourth-order valence-electron chi connectivity index (χ4n) is 1.95. The van der Waals surface area contributed by atoms with Gasteiger partial charge in [-0.1, -0.05) is 19.1 Å². The molecule has 1 fully saturated rings. The quantitative estimate of drug-likeness (QED) is 0.834. The van der Waals surface area contributed by atoms with Gasteiger partial charge in [-0.15, -0.1) is 0 Å². The Bertz CT molecular complexity index is 383. The second-order valence-corrected chi connectivity index (χ2v) is 4.46. The van der Waals surface area contributed by atoms with Crippen molar-refractivity contribution >= 4 is 5.91 Å². The molecule has 1 unspecified atom stereocenters. The predicted octanol–water partition coefficient (Wildman–Crippen LogP) is 0.967. The molecule has 18 heavy (non-hydrogen) atoms. The standard InChI is InChI=1S/C14H20N2O2/c1-2-11-3-5-12(6-4-11)14(17)16-10-13-9-15-7-8-18-13/h3-6,13,15H,2,7-10H2,1H3,(H,16,17). The monoisotopic (exact) mass is 248 g/mol. The first-order chi connectivity index (χ1) is 8.79. The summed E-state index contributed by atoms with van der Waals surface area (Å²) >= 11 is 0. The third-order valence-corrected chi connectivity index (χ3v) is 3.12. The molecule has 1 aliphatic heterocycles. The SMILES string of the molecule is CCc1ccc(C(=O)NCC2CNCCO2)cc1. The van der Waals surface area contributed by atoms with Crippen LogP contribution in [-0.2, 0) is 11.2 Å². The van der Waals surface area contributed by atoms with Gasteiger partial charge in [0.25, 0.3) is 5.91 Å². The molecule has 98 valence electrons. The molecule has 1 atom stereocenters. The summed E-state index contributed by atoms with van der Waals surface area (Å²) in [6, 6.07) is 7.73. The fourth-order valence-corrected chi connectivity index (χ4v) is 1.95. The van der Waals surface area contributed by atoms with Gasteiger partial charge in [0.2, 0.25) is 0 Å². The third-order valence-electron chi connectivity index (χ3n) is 3.12. The summed E-state index contributed by atoms with van der Waals surface area (Å²) < 4.78 is 5.52. The number of morpholine rings is 1. The van der Waals surface area contributed by atoms with Gasteiger partial charge in [-0.3, -0.25) is 4.79 Å². The average molecular weight is 248 g/mol. The van der Waals surface area contributed by atoms with Crippen LogP contribution < -0.4 is 10.6 Å². The third kappa shape index (κ3) is 3.55. The number of aryl methyl sites for hydroxylation is 1. The van der Waals surface area contributed by atoms with Crippen LogP contribution in [0.15, 0.2) is 24.3 Å². The van der Waals surface area contributed by atoms with Gasteiger partial charge in [0, 0.05) is 25.2 Å². The molecule has 4 heteroatoms. The molecule has 0 aromatic heterocycles. The van der Waals surface area contributed by atoms with Gasteiger partial charge < -0.3 is 15.4 Å². The lowest BCUT2D eigenvalue weighted by molar-refractivity contribution is 0.0287. The largest absolute Gasteiger partial charge is 0.374 e. The zero-order valence-corrected chi connectivity index (χ0v) is 10.7. The van der Waals surface area contributed by atoms with Crippen LogP contribution in [-0.4, -0.2) is 38.3 Å². The highest BCUT2D eigenvalue weighted by atomic mass is 16.5. The Morgan fingerprint density at radius 2 is 2.22 bits per heavy atom. The average Bonchev–Trinajstić information content (AvgIpc) is 2.46. The molecule has 2 rings (SSSR count). The summed E-state index contributed by atoms with van der Waals surface area (Å²) in [6.45, 7) is 5.06. The molecule has 0 radical (unpaired) electrons. The lowest BCUT2D eigenvalue weighted by atomic mass is 10.1. The van der Waals surface area contributed by atoms with Crippen LogP contribution in [0.4, 0.5) is 0 Å². The maximum atomic E-state index is 11.9. The van der Waals surface area contributed by atoms with Crippen molar-refractivity contribution in [2.24, 2.45) is 0 Å². The number of hydrogen-bond acceptors (Lipinski definition) is 3. The van der Waals surface area contributed by atoms with Crippen molar-refractivity contribution in [3.63, 3.8) is 0 Å². The summed E-state index contributed by atoms with van der Waals surface area (Å²) in [6.07, 6.45) is 1.07. The number of nitrogens with one attached hydrogen (secondary N) is 2. The Hall–Kier alpha value is -1.39. The lowest BCUT2D eigenvalue weighted by Gasteiger charge is -2.23. The Labute approximate surface area is 108 Å². The van der Waals surface area contributed by atoms with E-state index < -0.39 is 0 Å². The Morgan fingerprint density at radius 1 is 1.44 bits per heavy atom. The normalized spacial score (nSPS) is 19.5. The van der Waals surface area contributed by atoms with Crippen LogP contribution in [0.1, 0.15) is 22.8 Å². The van der Waals surface area contributed by atoms with Crippen LogP contribution in [0.2, 0.25) is 0 Å². The molecule has 0 spiro atoms. The van der Waals surface area contributed by atoms with E-state index in [1.165, 1.54) is 5.56 Å². The zero-order chi connectivity index (χ0) is 12.8. The molecule has 2 N–H and O–H groups in total. The van der Waals surface area contributed by atoms with E-state index >= 15 is 0 Å². The molecule has 0 bridgehead atoms. The molecule has 1 aliphatic rings. The molecule has 4 nitrogen and oxygen atoms in total. The van der Waals surface area contributed by atoms with Crippen LogP contribution in [0.25, 0.3) is 0 Å². The summed E-state index contributed by atoms with van der Waals surface area (Å²) in [5, 5.41) is 6.14. The fraction of sp³-hybridized carbons (Fsp3) is 0.500. The number of amides is 1. The summed E-state index contributed by atoms with van der Waals surface area (Å²) in [7, 11) is 0. The highest BCUT2D eigenvalue weighted by Gasteiger charge is 2.14. The summed E-state index contributed by atoms with van der Waals surface area (Å²) in [5.41, 5.74) is 1.95. The molecule has 1 amide bonds. The minimum absolute atomic E-state index is 0.0353. The van der Waals surface area contributed by atoms with Crippen LogP contribution in [0, 0.1) is 0 Å². The molecule has 0 saturated carbocycles. The van der Waals surface area contributed by atoms with Crippen molar-refractivity contribution in [2.45, 2.75) is 19.4 Å². The minimum atomic E-state index is -0.0353. The second kappa shape index (κ2) is 6.52. The first-order valence-corrected chi connectivity index (χ1v) is 6.49. The second-order valence-electron chi connectivity index (χ2n) is 4.46. The number of benzene rings is 1. The first-order valence-electron chi connectivity index (χ1n) is 6.49. The topological polar surface area (TPSA) is 50.4 Å². The highest BCUT2D eigenvalue weighted by Crippen LogP contribution is 2.05. The summed E-state index contributed by atoms with van der Waals surface area (Å²) in [5.74, 6) is -0.0353. The molecule has 1 heterocycles. The van der Waals surface area contributed by atoms with E-state index in [0.717, 1.165) is 19.5 Å². The van der Waals surface area contributed by atoms with Crippen LogP contribution >= 0.6 is 0 Å². The molecular weight excluding hydrogens is 228 g/mol. The molecule has 1 saturated heterocycles. The van der Waals surface area contributed by atoms with E-state index in [-0.39, 0.29) is 12.0 Å². The smallest absolute Gasteiger partial charge is 0.251 e. The molecule has 1 aromatic rings. The van der Waals surface area contributed by atoms with E-state index in [1.807, 2.05) is 24.3 Å². The number of hydrogen-bond donors (Lipinski definition) is 2. The number of carbonyl (C=O) groups is 1. The van der Waals surface area contributed by atoms with Gasteiger partial charge in [0.1, 0.15) is 0 Å². The Kier molecular flexibility index (Phi) is 4.73. The maximum Gasteiger partial charge on any atom is 0.251 e. The zero-order valence-electron chi connectivity index (χ0n) is 10.7. The van der Waals surface area contributed by atoms with Gasteiger partial charge in [0.15, 0.2) is 0 Å². The van der Waals surface area contributed by atoms with E-state index in [4.69, 9.17) is 4.74 Å². The van der Waals surface area contributed by atoms with Crippen molar-refractivity contribution in [1.29, 1.82) is 0 Å². The molecular formula is C14H20N2O2. The van der Waals surface area contributed by atoms with Gasteiger partial charge in [0.05, 0.1) is 12.7 Å².